The molecule has 1 fully saturated rings. The van der Waals surface area contributed by atoms with Gasteiger partial charge in [0.15, 0.2) is 23.1 Å². The van der Waals surface area contributed by atoms with Crippen LogP contribution in [-0.4, -0.2) is 73.2 Å². The normalized spacial score (nSPS) is 14.2. The first-order chi connectivity index (χ1) is 18.7. The minimum atomic E-state index is -5.08. The molecular weight excluding hydrogens is 519 g/mol. The number of benzene rings is 1. The number of alkyl halides is 3. The van der Waals surface area contributed by atoms with Crippen LogP contribution in [0, 0.1) is 0 Å². The summed E-state index contributed by atoms with van der Waals surface area (Å²) in [5, 5.41) is 14.8. The number of piperidine rings is 1. The first-order valence-electron chi connectivity index (χ1n) is 12.4. The van der Waals surface area contributed by atoms with Crippen molar-refractivity contribution < 1.29 is 32.4 Å². The van der Waals surface area contributed by atoms with Gasteiger partial charge in [0.25, 0.3) is 0 Å². The summed E-state index contributed by atoms with van der Waals surface area (Å²) < 4.78 is 44.9. The topological polar surface area (TPSA) is 145 Å². The number of aromatic nitrogens is 5. The lowest BCUT2D eigenvalue weighted by Crippen LogP contribution is -2.33. The van der Waals surface area contributed by atoms with Crippen molar-refractivity contribution >= 4 is 22.8 Å². The zero-order chi connectivity index (χ0) is 28.0. The molecule has 4 heterocycles. The SMILES string of the molecule is CCn1c(-c2nonc2N)nc2c(-c3ccccc3)ncc(OCCN3CCCCC3)c21.O=C(O)C(F)(F)F. The smallest absolute Gasteiger partial charge is 0.488 e. The maximum Gasteiger partial charge on any atom is 0.490 e. The number of likely N-dealkylation sites (tertiary alicyclic amines) is 1. The largest absolute Gasteiger partial charge is 0.490 e. The van der Waals surface area contributed by atoms with E-state index in [9.17, 15) is 13.2 Å². The van der Waals surface area contributed by atoms with Crippen molar-refractivity contribution in [2.45, 2.75) is 38.9 Å². The summed E-state index contributed by atoms with van der Waals surface area (Å²) in [6.07, 6.45) is 0.553. The second kappa shape index (κ2) is 12.1. The Morgan fingerprint density at radius 3 is 2.41 bits per heavy atom. The minimum absolute atomic E-state index is 0.205. The summed E-state index contributed by atoms with van der Waals surface area (Å²) in [6.45, 7) is 6.47. The molecule has 1 aliphatic heterocycles. The highest BCUT2D eigenvalue weighted by Gasteiger charge is 2.38. The lowest BCUT2D eigenvalue weighted by atomic mass is 10.1. The van der Waals surface area contributed by atoms with Crippen molar-refractivity contribution in [3.05, 3.63) is 36.5 Å². The highest BCUT2D eigenvalue weighted by Crippen LogP contribution is 2.36. The van der Waals surface area contributed by atoms with E-state index in [2.05, 4.69) is 22.1 Å². The molecule has 1 aliphatic rings. The molecule has 0 radical (unpaired) electrons. The van der Waals surface area contributed by atoms with Crippen molar-refractivity contribution in [3.63, 3.8) is 0 Å². The number of nitrogen functional groups attached to an aromatic ring is 1. The van der Waals surface area contributed by atoms with Crippen LogP contribution in [0.2, 0.25) is 0 Å². The average molecular weight is 548 g/mol. The standard InChI is InChI=1S/C23H27N7O2.C2HF3O2/c1-2-30-21-17(31-14-13-29-11-7-4-8-12-29)15-25-18(16-9-5-3-6-10-16)19(21)26-23(30)20-22(24)28-32-27-20;3-2(4,5)1(6)7/h3,5-6,9-10,15H,2,4,7-8,11-14H2,1H3,(H2,24,28);(H,6,7). The van der Waals surface area contributed by atoms with Crippen LogP contribution in [0.15, 0.2) is 41.2 Å². The predicted octanol–water partition coefficient (Wildman–Crippen LogP) is 4.25. The third kappa shape index (κ3) is 6.45. The van der Waals surface area contributed by atoms with Crippen LogP contribution < -0.4 is 10.5 Å². The van der Waals surface area contributed by atoms with Gasteiger partial charge in [0.05, 0.1) is 11.9 Å². The summed E-state index contributed by atoms with van der Waals surface area (Å²) >= 11 is 0. The van der Waals surface area contributed by atoms with Crippen LogP contribution in [0.25, 0.3) is 33.8 Å². The number of fused-ring (bicyclic) bond motifs is 1. The van der Waals surface area contributed by atoms with Crippen LogP contribution in [-0.2, 0) is 11.3 Å². The zero-order valence-corrected chi connectivity index (χ0v) is 21.2. The summed E-state index contributed by atoms with van der Waals surface area (Å²) in [5.74, 6) is -1.26. The molecule has 1 saturated heterocycles. The van der Waals surface area contributed by atoms with E-state index < -0.39 is 12.1 Å². The van der Waals surface area contributed by atoms with E-state index in [0.717, 1.165) is 41.9 Å². The van der Waals surface area contributed by atoms with Crippen LogP contribution in [0.4, 0.5) is 19.0 Å². The van der Waals surface area contributed by atoms with Crippen molar-refractivity contribution in [2.24, 2.45) is 0 Å². The Labute approximate surface area is 221 Å². The summed E-state index contributed by atoms with van der Waals surface area (Å²) in [5.41, 5.74) is 9.79. The molecule has 1 aromatic carbocycles. The molecule has 14 heteroatoms. The van der Waals surface area contributed by atoms with Crippen molar-refractivity contribution in [1.29, 1.82) is 0 Å². The van der Waals surface area contributed by atoms with E-state index in [-0.39, 0.29) is 5.82 Å². The monoisotopic (exact) mass is 547 g/mol. The lowest BCUT2D eigenvalue weighted by molar-refractivity contribution is -0.192. The van der Waals surface area contributed by atoms with Gasteiger partial charge in [-0.3, -0.25) is 4.90 Å². The first kappa shape index (κ1) is 27.8. The molecule has 4 aromatic rings. The number of carboxylic acids is 1. The Morgan fingerprint density at radius 1 is 1.13 bits per heavy atom. The third-order valence-corrected chi connectivity index (χ3v) is 6.18. The van der Waals surface area contributed by atoms with Gasteiger partial charge in [0.1, 0.15) is 17.6 Å². The number of carbonyl (C=O) groups is 1. The Kier molecular flexibility index (Phi) is 8.64. The minimum Gasteiger partial charge on any atom is -0.488 e. The molecule has 5 rings (SSSR count). The number of aryl methyl sites for hydroxylation is 1. The molecule has 11 nitrogen and oxygen atoms in total. The maximum absolute atomic E-state index is 10.6. The number of halogens is 3. The van der Waals surface area contributed by atoms with E-state index in [0.29, 0.717) is 30.4 Å². The van der Waals surface area contributed by atoms with Crippen LogP contribution in [0.1, 0.15) is 26.2 Å². The Morgan fingerprint density at radius 2 is 1.82 bits per heavy atom. The first-order valence-corrected chi connectivity index (χ1v) is 12.4. The van der Waals surface area contributed by atoms with Gasteiger partial charge < -0.3 is 20.1 Å². The number of carboxylic acid groups (broad SMARTS) is 1. The molecule has 3 aromatic heterocycles. The van der Waals surface area contributed by atoms with E-state index in [1.54, 1.807) is 6.20 Å². The number of nitrogens with zero attached hydrogens (tertiary/aromatic N) is 6. The van der Waals surface area contributed by atoms with Crippen molar-refractivity contribution in [2.75, 3.05) is 32.0 Å². The molecule has 0 bridgehead atoms. The number of pyridine rings is 1. The Hall–Kier alpha value is -4.20. The van der Waals surface area contributed by atoms with Crippen LogP contribution >= 0.6 is 0 Å². The number of aliphatic carboxylic acids is 1. The van der Waals surface area contributed by atoms with Gasteiger partial charge in [-0.25, -0.2) is 19.4 Å². The number of rotatable bonds is 7. The fourth-order valence-electron chi connectivity index (χ4n) is 4.33. The summed E-state index contributed by atoms with van der Waals surface area (Å²) in [7, 11) is 0. The van der Waals surface area contributed by atoms with Crippen LogP contribution in [0.3, 0.4) is 0 Å². The highest BCUT2D eigenvalue weighted by atomic mass is 19.4. The van der Waals surface area contributed by atoms with E-state index in [1.165, 1.54) is 19.3 Å². The fourth-order valence-corrected chi connectivity index (χ4v) is 4.33. The average Bonchev–Trinajstić information content (AvgIpc) is 3.53. The van der Waals surface area contributed by atoms with Gasteiger partial charge in [-0.1, -0.05) is 36.8 Å². The fraction of sp³-hybridized carbons (Fsp3) is 0.400. The molecular formula is C25H28F3N7O4. The molecule has 0 amide bonds. The molecule has 0 aliphatic carbocycles. The van der Waals surface area contributed by atoms with E-state index >= 15 is 0 Å². The Balaban J connectivity index is 0.000000448. The number of hydrogen-bond acceptors (Lipinski definition) is 9. The Bertz CT molecular complexity index is 1400. The quantitative estimate of drug-likeness (QED) is 0.344. The van der Waals surface area contributed by atoms with Crippen LogP contribution in [0.5, 0.6) is 5.75 Å². The number of imidazole rings is 1. The number of nitrogens with two attached hydrogens (primary N) is 1. The summed E-state index contributed by atoms with van der Waals surface area (Å²) in [4.78, 5) is 21.0. The third-order valence-electron chi connectivity index (χ3n) is 6.18. The van der Waals surface area contributed by atoms with Gasteiger partial charge in [-0.05, 0) is 43.2 Å². The second-order valence-electron chi connectivity index (χ2n) is 8.77. The molecule has 39 heavy (non-hydrogen) atoms. The van der Waals surface area contributed by atoms with Gasteiger partial charge in [-0.15, -0.1) is 0 Å². The maximum atomic E-state index is 10.6. The zero-order valence-electron chi connectivity index (χ0n) is 21.2. The van der Waals surface area contributed by atoms with Gasteiger partial charge in [-0.2, -0.15) is 13.2 Å². The van der Waals surface area contributed by atoms with Gasteiger partial charge >= 0.3 is 12.1 Å². The molecule has 0 atom stereocenters. The lowest BCUT2D eigenvalue weighted by Gasteiger charge is -2.26. The van der Waals surface area contributed by atoms with E-state index in [4.69, 9.17) is 35.0 Å². The molecule has 208 valence electrons. The van der Waals surface area contributed by atoms with Gasteiger partial charge in [0.2, 0.25) is 0 Å². The molecule has 0 unspecified atom stereocenters. The van der Waals surface area contributed by atoms with Gasteiger partial charge in [0, 0.05) is 18.7 Å². The molecule has 0 spiro atoms. The predicted molar refractivity (Wildman–Crippen MR) is 136 cm³/mol. The molecule has 0 saturated carbocycles. The van der Waals surface area contributed by atoms with E-state index in [1.807, 2.05) is 34.9 Å². The number of ether oxygens (including phenoxy) is 1. The van der Waals surface area contributed by atoms with Crippen molar-refractivity contribution in [1.82, 2.24) is 29.7 Å². The second-order valence-corrected chi connectivity index (χ2v) is 8.77. The summed E-state index contributed by atoms with van der Waals surface area (Å²) in [6, 6.07) is 10.0. The van der Waals surface area contributed by atoms with Crippen molar-refractivity contribution in [3.8, 4) is 28.5 Å². The highest BCUT2D eigenvalue weighted by molar-refractivity contribution is 5.95. The molecule has 3 N–H and O–H groups in total. The number of hydrogen-bond donors (Lipinski definition) is 2. The number of anilines is 1.